The topological polar surface area (TPSA) is 0 Å². The van der Waals surface area contributed by atoms with Gasteiger partial charge in [-0.25, -0.2) is 0 Å². The van der Waals surface area contributed by atoms with Crippen LogP contribution in [0.3, 0.4) is 0 Å². The monoisotopic (exact) mass is 282 g/mol. The standard InChI is InChI=1S/C8H10Cl2.Pd/c9-7-5-3-1-2-4-6-8(7)10;/h3,5H,1-2,4,6H2;/b5-3-,8-7-;. The summed E-state index contributed by atoms with van der Waals surface area (Å²) >= 11 is 11.6. The Morgan fingerprint density at radius 3 is 2.64 bits per heavy atom. The molecule has 0 saturated carbocycles. The van der Waals surface area contributed by atoms with E-state index in [9.17, 15) is 0 Å². The average molecular weight is 283 g/mol. The SMILES string of the molecule is ClC1=C(\Cl)CCCC/C=C\1.[Pd]. The minimum Gasteiger partial charge on any atom is -0.0875 e. The predicted octanol–water partition coefficient (Wildman–Crippen LogP) is 3.80. The van der Waals surface area contributed by atoms with E-state index in [-0.39, 0.29) is 20.4 Å². The minimum atomic E-state index is 0. The summed E-state index contributed by atoms with van der Waals surface area (Å²) in [6.45, 7) is 0. The molecule has 0 saturated heterocycles. The van der Waals surface area contributed by atoms with Crippen LogP contribution in [0.4, 0.5) is 0 Å². The molecule has 3 heteroatoms. The summed E-state index contributed by atoms with van der Waals surface area (Å²) in [6.07, 6.45) is 8.40. The van der Waals surface area contributed by atoms with Gasteiger partial charge in [-0.15, -0.1) is 0 Å². The molecule has 1 rings (SSSR count). The molecule has 0 aromatic carbocycles. The molecule has 0 spiro atoms. The fraction of sp³-hybridized carbons (Fsp3) is 0.500. The summed E-state index contributed by atoms with van der Waals surface area (Å²) < 4.78 is 0. The maximum Gasteiger partial charge on any atom is 0.0547 e. The van der Waals surface area contributed by atoms with E-state index in [1.165, 1.54) is 6.42 Å². The molecular weight excluding hydrogens is 273 g/mol. The predicted molar refractivity (Wildman–Crippen MR) is 46.3 cm³/mol. The van der Waals surface area contributed by atoms with Gasteiger partial charge in [0.25, 0.3) is 0 Å². The molecule has 0 unspecified atom stereocenters. The molecule has 0 aliphatic heterocycles. The smallest absolute Gasteiger partial charge is 0.0547 e. The second-order valence-corrected chi connectivity index (χ2v) is 3.26. The number of hydrogen-bond acceptors (Lipinski definition) is 0. The Hall–Kier alpha value is 0.722. The van der Waals surface area contributed by atoms with Gasteiger partial charge in [0.1, 0.15) is 0 Å². The first-order chi connectivity index (χ1) is 4.80. The molecular formula is C8H10Cl2Pd. The maximum absolute atomic E-state index is 5.84. The molecule has 0 aromatic heterocycles. The second-order valence-electron chi connectivity index (χ2n) is 2.40. The average Bonchev–Trinajstić information content (AvgIpc) is 1.92. The molecule has 11 heavy (non-hydrogen) atoms. The van der Waals surface area contributed by atoms with Crippen molar-refractivity contribution in [2.75, 3.05) is 0 Å². The van der Waals surface area contributed by atoms with Crippen molar-refractivity contribution in [3.63, 3.8) is 0 Å². The Balaban J connectivity index is 0.000001000. The van der Waals surface area contributed by atoms with Crippen LogP contribution in [-0.4, -0.2) is 0 Å². The summed E-state index contributed by atoms with van der Waals surface area (Å²) in [5, 5.41) is 1.51. The van der Waals surface area contributed by atoms with E-state index in [4.69, 9.17) is 23.2 Å². The summed E-state index contributed by atoms with van der Waals surface area (Å²) in [5.74, 6) is 0. The fourth-order valence-electron chi connectivity index (χ4n) is 0.939. The first kappa shape index (κ1) is 11.7. The van der Waals surface area contributed by atoms with Crippen molar-refractivity contribution in [2.24, 2.45) is 0 Å². The van der Waals surface area contributed by atoms with Crippen LogP contribution in [0.15, 0.2) is 22.2 Å². The Kier molecular flexibility index (Phi) is 6.67. The molecule has 0 bridgehead atoms. The van der Waals surface area contributed by atoms with E-state index in [1.807, 2.05) is 6.08 Å². The van der Waals surface area contributed by atoms with Gasteiger partial charge in [0.2, 0.25) is 0 Å². The van der Waals surface area contributed by atoms with Crippen LogP contribution < -0.4 is 0 Å². The van der Waals surface area contributed by atoms with Crippen molar-refractivity contribution in [2.45, 2.75) is 25.7 Å². The first-order valence-electron chi connectivity index (χ1n) is 3.51. The van der Waals surface area contributed by atoms with E-state index in [2.05, 4.69) is 6.08 Å². The molecule has 1 aliphatic rings. The Labute approximate surface area is 91.3 Å². The van der Waals surface area contributed by atoms with Gasteiger partial charge >= 0.3 is 0 Å². The molecule has 66 valence electrons. The largest absolute Gasteiger partial charge is 0.0875 e. The molecule has 0 radical (unpaired) electrons. The summed E-state index contributed by atoms with van der Waals surface area (Å²) in [4.78, 5) is 0. The molecule has 0 heterocycles. The molecule has 0 nitrogen and oxygen atoms in total. The van der Waals surface area contributed by atoms with Crippen molar-refractivity contribution < 1.29 is 20.4 Å². The summed E-state index contributed by atoms with van der Waals surface area (Å²) in [5.41, 5.74) is 0. The van der Waals surface area contributed by atoms with Crippen molar-refractivity contribution in [3.8, 4) is 0 Å². The van der Waals surface area contributed by atoms with E-state index < -0.39 is 0 Å². The van der Waals surface area contributed by atoms with Crippen molar-refractivity contribution in [1.29, 1.82) is 0 Å². The van der Waals surface area contributed by atoms with Crippen LogP contribution in [0.2, 0.25) is 0 Å². The van der Waals surface area contributed by atoms with E-state index in [1.54, 1.807) is 0 Å². The van der Waals surface area contributed by atoms with Gasteiger partial charge in [-0.2, -0.15) is 0 Å². The normalized spacial score (nSPS) is 28.2. The molecule has 0 fully saturated rings. The van der Waals surface area contributed by atoms with E-state index >= 15 is 0 Å². The van der Waals surface area contributed by atoms with E-state index in [0.29, 0.717) is 5.03 Å². The third-order valence-corrected chi connectivity index (χ3v) is 2.38. The molecule has 0 N–H and O–H groups in total. The first-order valence-corrected chi connectivity index (χ1v) is 4.27. The molecule has 0 atom stereocenters. The van der Waals surface area contributed by atoms with Crippen LogP contribution in [-0.2, 0) is 20.4 Å². The van der Waals surface area contributed by atoms with Gasteiger partial charge in [0.05, 0.1) is 5.03 Å². The Bertz CT molecular complexity index is 173. The van der Waals surface area contributed by atoms with Crippen LogP contribution in [0.5, 0.6) is 0 Å². The van der Waals surface area contributed by atoms with E-state index in [0.717, 1.165) is 24.3 Å². The van der Waals surface area contributed by atoms with Gasteiger partial charge in [0, 0.05) is 25.5 Å². The fourth-order valence-corrected chi connectivity index (χ4v) is 1.32. The van der Waals surface area contributed by atoms with Crippen LogP contribution in [0.1, 0.15) is 25.7 Å². The van der Waals surface area contributed by atoms with Gasteiger partial charge < -0.3 is 0 Å². The molecule has 1 aliphatic carbocycles. The quantitative estimate of drug-likeness (QED) is 0.593. The third kappa shape index (κ3) is 4.33. The maximum atomic E-state index is 5.84. The van der Waals surface area contributed by atoms with Crippen LogP contribution >= 0.6 is 23.2 Å². The Morgan fingerprint density at radius 1 is 1.18 bits per heavy atom. The number of allylic oxidation sites excluding steroid dienone is 4. The van der Waals surface area contributed by atoms with Gasteiger partial charge in [0.15, 0.2) is 0 Å². The zero-order chi connectivity index (χ0) is 7.40. The summed E-state index contributed by atoms with van der Waals surface area (Å²) in [7, 11) is 0. The molecule has 0 aromatic rings. The van der Waals surface area contributed by atoms with Crippen LogP contribution in [0.25, 0.3) is 0 Å². The summed E-state index contributed by atoms with van der Waals surface area (Å²) in [6, 6.07) is 0. The van der Waals surface area contributed by atoms with Gasteiger partial charge in [-0.1, -0.05) is 29.3 Å². The third-order valence-electron chi connectivity index (χ3n) is 1.54. The van der Waals surface area contributed by atoms with Gasteiger partial charge in [-0.3, -0.25) is 0 Å². The zero-order valence-electron chi connectivity index (χ0n) is 6.06. The number of halogens is 2. The minimum absolute atomic E-state index is 0. The van der Waals surface area contributed by atoms with Crippen molar-refractivity contribution in [1.82, 2.24) is 0 Å². The van der Waals surface area contributed by atoms with Crippen LogP contribution in [0, 0.1) is 0 Å². The van der Waals surface area contributed by atoms with Gasteiger partial charge in [-0.05, 0) is 31.8 Å². The second kappa shape index (κ2) is 6.26. The van der Waals surface area contributed by atoms with Crippen molar-refractivity contribution >= 4 is 23.2 Å². The van der Waals surface area contributed by atoms with Crippen molar-refractivity contribution in [3.05, 3.63) is 22.2 Å². The zero-order valence-corrected chi connectivity index (χ0v) is 9.12. The number of rotatable bonds is 0. The Morgan fingerprint density at radius 2 is 1.91 bits per heavy atom. The number of hydrogen-bond donors (Lipinski definition) is 0. The molecule has 0 amide bonds.